The first kappa shape index (κ1) is 37.3. The molecular formula is C43H35F3N2O6. The number of hydrogen-bond acceptors (Lipinski definition) is 6. The monoisotopic (exact) mass is 732 g/mol. The molecule has 1 heterocycles. The highest BCUT2D eigenvalue weighted by atomic mass is 19.4. The molecule has 1 atom stereocenters. The average Bonchev–Trinajstić information content (AvgIpc) is 3.65. The Morgan fingerprint density at radius 3 is 2.04 bits per heavy atom. The first-order chi connectivity index (χ1) is 25.9. The summed E-state index contributed by atoms with van der Waals surface area (Å²) in [5.74, 6) is -2.62. The normalized spacial score (nSPS) is 11.9. The van der Waals surface area contributed by atoms with Crippen molar-refractivity contribution in [3.8, 4) is 39.6 Å². The molecule has 0 aliphatic heterocycles. The molecule has 54 heavy (non-hydrogen) atoms. The number of methoxy groups -OCH3 is 1. The molecule has 0 fully saturated rings. The lowest BCUT2D eigenvalue weighted by atomic mass is 9.88. The number of nitrogens with zero attached hydrogens (tertiary/aromatic N) is 1. The second-order valence-electron chi connectivity index (χ2n) is 12.9. The van der Waals surface area contributed by atoms with Crippen LogP contribution in [0.25, 0.3) is 33.8 Å². The summed E-state index contributed by atoms with van der Waals surface area (Å²) >= 11 is 0. The highest BCUT2D eigenvalue weighted by molar-refractivity contribution is 6.00. The maximum atomic E-state index is 13.6. The molecule has 0 saturated heterocycles. The second kappa shape index (κ2) is 16.0. The second-order valence-corrected chi connectivity index (χ2v) is 12.9. The van der Waals surface area contributed by atoms with Crippen LogP contribution in [0.3, 0.4) is 0 Å². The van der Waals surface area contributed by atoms with Crippen LogP contribution in [0.5, 0.6) is 5.75 Å². The van der Waals surface area contributed by atoms with E-state index in [4.69, 9.17) is 9.15 Å². The quantitative estimate of drug-likeness (QED) is 0.114. The number of carboxylic acid groups (broad SMARTS) is 1. The molecule has 2 N–H and O–H groups in total. The highest BCUT2D eigenvalue weighted by Gasteiger charge is 2.34. The number of rotatable bonds is 13. The van der Waals surface area contributed by atoms with E-state index in [0.717, 1.165) is 33.9 Å². The summed E-state index contributed by atoms with van der Waals surface area (Å²) in [6, 6.07) is 32.7. The number of carbonyl (C=O) groups is 3. The molecule has 0 aliphatic rings. The molecule has 274 valence electrons. The Morgan fingerprint density at radius 1 is 0.815 bits per heavy atom. The zero-order valence-electron chi connectivity index (χ0n) is 29.3. The van der Waals surface area contributed by atoms with Crippen LogP contribution in [0.15, 0.2) is 126 Å². The molecular weight excluding hydrogens is 697 g/mol. The van der Waals surface area contributed by atoms with Gasteiger partial charge in [-0.05, 0) is 84.1 Å². The summed E-state index contributed by atoms with van der Waals surface area (Å²) in [6.07, 6.45) is -3.90. The van der Waals surface area contributed by atoms with Gasteiger partial charge in [-0.3, -0.25) is 14.4 Å². The Morgan fingerprint density at radius 2 is 1.43 bits per heavy atom. The van der Waals surface area contributed by atoms with Gasteiger partial charge in [0.2, 0.25) is 11.8 Å². The minimum Gasteiger partial charge on any atom is -0.497 e. The maximum absolute atomic E-state index is 13.6. The molecule has 0 bridgehead atoms. The van der Waals surface area contributed by atoms with E-state index in [9.17, 15) is 32.7 Å². The number of alkyl halides is 3. The number of nitrogens with one attached hydrogen (secondary N) is 1. The van der Waals surface area contributed by atoms with Crippen LogP contribution in [-0.2, 0) is 28.6 Å². The Kier molecular flexibility index (Phi) is 11.1. The standard InChI is InChI=1S/C43H35F3N2O6/c1-26-3-7-28(8-4-26)29-11-13-32(14-12-29)42-48-38(25-54-42)30-9-5-27(6-10-30)21-34(23-40(50)51)41(52)31-15-18-35(19-16-31)47-39(49)22-33-17-20-36(53-2)24-37(33)43(44,45)46/h3-20,24-25,34H,21-23H2,1-2H3,(H,47,49)(H,50,51). The van der Waals surface area contributed by atoms with Crippen LogP contribution >= 0.6 is 0 Å². The number of hydrogen-bond donors (Lipinski definition) is 2. The van der Waals surface area contributed by atoms with Crippen molar-refractivity contribution >= 4 is 23.3 Å². The smallest absolute Gasteiger partial charge is 0.416 e. The van der Waals surface area contributed by atoms with Crippen molar-refractivity contribution in [1.82, 2.24) is 4.98 Å². The van der Waals surface area contributed by atoms with Gasteiger partial charge in [-0.15, -0.1) is 0 Å². The highest BCUT2D eigenvalue weighted by Crippen LogP contribution is 2.35. The van der Waals surface area contributed by atoms with Gasteiger partial charge in [-0.2, -0.15) is 13.2 Å². The third kappa shape index (κ3) is 9.11. The molecule has 6 rings (SSSR count). The molecule has 0 spiro atoms. The number of aryl methyl sites for hydroxylation is 1. The number of ether oxygens (including phenoxy) is 1. The van der Waals surface area contributed by atoms with E-state index in [1.807, 2.05) is 55.5 Å². The van der Waals surface area contributed by atoms with Crippen molar-refractivity contribution in [3.63, 3.8) is 0 Å². The summed E-state index contributed by atoms with van der Waals surface area (Å²) in [5.41, 5.74) is 5.66. The van der Waals surface area contributed by atoms with Crippen molar-refractivity contribution in [2.75, 3.05) is 12.4 Å². The van der Waals surface area contributed by atoms with Crippen LogP contribution in [0.1, 0.15) is 39.0 Å². The van der Waals surface area contributed by atoms with Crippen molar-refractivity contribution in [2.45, 2.75) is 32.4 Å². The van der Waals surface area contributed by atoms with Crippen LogP contribution < -0.4 is 10.1 Å². The fraction of sp³-hybridized carbons (Fsp3) is 0.163. The maximum Gasteiger partial charge on any atom is 0.416 e. The van der Waals surface area contributed by atoms with Crippen LogP contribution in [-0.4, -0.2) is 34.9 Å². The Hall–Kier alpha value is -6.49. The number of benzene rings is 5. The third-order valence-electron chi connectivity index (χ3n) is 8.97. The van der Waals surface area contributed by atoms with Crippen molar-refractivity contribution in [2.24, 2.45) is 5.92 Å². The molecule has 1 amide bonds. The Balaban J connectivity index is 1.09. The summed E-state index contributed by atoms with van der Waals surface area (Å²) in [6.45, 7) is 2.05. The fourth-order valence-corrected chi connectivity index (χ4v) is 6.09. The van der Waals surface area contributed by atoms with E-state index in [2.05, 4.69) is 34.6 Å². The van der Waals surface area contributed by atoms with Crippen LogP contribution in [0, 0.1) is 12.8 Å². The molecule has 1 unspecified atom stereocenters. The molecule has 0 saturated carbocycles. The number of aliphatic carboxylic acids is 1. The van der Waals surface area contributed by atoms with Crippen molar-refractivity contribution < 1.29 is 41.8 Å². The minimum absolute atomic E-state index is 0.0161. The minimum atomic E-state index is -4.68. The summed E-state index contributed by atoms with van der Waals surface area (Å²) < 4.78 is 51.4. The first-order valence-corrected chi connectivity index (χ1v) is 17.0. The van der Waals surface area contributed by atoms with Gasteiger partial charge in [0.1, 0.15) is 17.7 Å². The van der Waals surface area contributed by atoms with Gasteiger partial charge >= 0.3 is 12.1 Å². The lowest BCUT2D eigenvalue weighted by molar-refractivity contribution is -0.139. The molecule has 8 nitrogen and oxygen atoms in total. The molecule has 6 aromatic rings. The molecule has 11 heteroatoms. The van der Waals surface area contributed by atoms with E-state index >= 15 is 0 Å². The Labute approximate surface area is 309 Å². The Bertz CT molecular complexity index is 2260. The SMILES string of the molecule is COc1ccc(CC(=O)Nc2ccc(C(=O)C(CC(=O)O)Cc3ccc(-c4coc(-c5ccc(-c6ccc(C)cc6)cc5)n4)cc3)cc2)c(C(F)(F)F)c1. The van der Waals surface area contributed by atoms with E-state index in [-0.39, 0.29) is 29.0 Å². The van der Waals surface area contributed by atoms with E-state index in [1.54, 1.807) is 6.26 Å². The van der Waals surface area contributed by atoms with Gasteiger partial charge in [0.25, 0.3) is 0 Å². The number of oxazole rings is 1. The number of amides is 1. The van der Waals surface area contributed by atoms with E-state index in [0.29, 0.717) is 11.6 Å². The van der Waals surface area contributed by atoms with Gasteiger partial charge in [-0.1, -0.05) is 72.3 Å². The van der Waals surface area contributed by atoms with Gasteiger partial charge in [0, 0.05) is 28.3 Å². The molecule has 0 aliphatic carbocycles. The molecule has 1 aromatic heterocycles. The fourth-order valence-electron chi connectivity index (χ4n) is 6.09. The van der Waals surface area contributed by atoms with Gasteiger partial charge in [-0.25, -0.2) is 4.98 Å². The predicted octanol–water partition coefficient (Wildman–Crippen LogP) is 9.71. The van der Waals surface area contributed by atoms with Gasteiger partial charge in [0.05, 0.1) is 25.5 Å². The lowest BCUT2D eigenvalue weighted by Crippen LogP contribution is -2.21. The molecule has 0 radical (unpaired) electrons. The predicted molar refractivity (Wildman–Crippen MR) is 198 cm³/mol. The van der Waals surface area contributed by atoms with Crippen LogP contribution in [0.4, 0.5) is 18.9 Å². The number of carbonyl (C=O) groups excluding carboxylic acids is 2. The number of aromatic nitrogens is 1. The van der Waals surface area contributed by atoms with Crippen molar-refractivity contribution in [3.05, 3.63) is 149 Å². The summed E-state index contributed by atoms with van der Waals surface area (Å²) in [4.78, 5) is 42.6. The zero-order valence-corrected chi connectivity index (χ0v) is 29.3. The third-order valence-corrected chi connectivity index (χ3v) is 8.97. The number of halogens is 3. The first-order valence-electron chi connectivity index (χ1n) is 17.0. The largest absolute Gasteiger partial charge is 0.497 e. The number of carboxylic acids is 1. The number of Topliss-reactive ketones (excluding diaryl/α,β-unsaturated/α-hetero) is 1. The van der Waals surface area contributed by atoms with E-state index in [1.165, 1.54) is 49.1 Å². The van der Waals surface area contributed by atoms with Crippen molar-refractivity contribution in [1.29, 1.82) is 0 Å². The van der Waals surface area contributed by atoms with Gasteiger partial charge < -0.3 is 19.6 Å². The topological polar surface area (TPSA) is 119 Å². The lowest BCUT2D eigenvalue weighted by Gasteiger charge is -2.15. The average molecular weight is 733 g/mol. The summed E-state index contributed by atoms with van der Waals surface area (Å²) in [7, 11) is 1.25. The summed E-state index contributed by atoms with van der Waals surface area (Å²) in [5, 5.41) is 12.1. The zero-order chi connectivity index (χ0) is 38.4. The molecule has 5 aromatic carbocycles. The van der Waals surface area contributed by atoms with Crippen LogP contribution in [0.2, 0.25) is 0 Å². The number of ketones is 1. The van der Waals surface area contributed by atoms with Gasteiger partial charge in [0.15, 0.2) is 5.78 Å². The van der Waals surface area contributed by atoms with E-state index < -0.39 is 48.2 Å². The number of anilines is 1.